The van der Waals surface area contributed by atoms with Gasteiger partial charge < -0.3 is 10.8 Å². The van der Waals surface area contributed by atoms with Gasteiger partial charge in [0.05, 0.1) is 36.2 Å². The lowest BCUT2D eigenvalue weighted by Crippen LogP contribution is -2.42. The Balaban J connectivity index is 1.31. The molecule has 0 bridgehead atoms. The van der Waals surface area contributed by atoms with Crippen molar-refractivity contribution in [2.75, 3.05) is 0 Å². The van der Waals surface area contributed by atoms with Crippen molar-refractivity contribution >= 4 is 10.8 Å². The van der Waals surface area contributed by atoms with Gasteiger partial charge in [-0.05, 0) is 78.3 Å². The molecule has 5 atom stereocenters. The number of hydrogen-bond donors (Lipinski definition) is 4. The number of hydrazine groups is 1. The number of halogens is 1. The Morgan fingerprint density at radius 1 is 1.09 bits per heavy atom. The van der Waals surface area contributed by atoms with Crippen molar-refractivity contribution in [3.8, 4) is 5.69 Å². The lowest BCUT2D eigenvalue weighted by molar-refractivity contribution is 0.239. The van der Waals surface area contributed by atoms with Gasteiger partial charge >= 0.3 is 0 Å². The van der Waals surface area contributed by atoms with E-state index in [0.29, 0.717) is 16.6 Å². The van der Waals surface area contributed by atoms with Crippen LogP contribution in [0.1, 0.15) is 86.2 Å². The third-order valence-electron chi connectivity index (χ3n) is 10.0. The van der Waals surface area contributed by atoms with Crippen LogP contribution in [0.3, 0.4) is 0 Å². The molecule has 4 heterocycles. The smallest absolute Gasteiger partial charge is 0.282 e. The fourth-order valence-electron chi connectivity index (χ4n) is 7.71. The second-order valence-corrected chi connectivity index (χ2v) is 13.5. The number of fused-ring (bicyclic) bond motifs is 3. The second-order valence-electron chi connectivity index (χ2n) is 13.5. The SMILES string of the molecule is CC(C)(C)c1cc(F)c2c(=O)n(-c3cccc(C4CC(c5cnn6c5CCCC6)C5NNC(N)C5C4)c3CO)ncc2c1. The Labute approximate surface area is 250 Å². The Morgan fingerprint density at radius 3 is 2.72 bits per heavy atom. The van der Waals surface area contributed by atoms with E-state index in [2.05, 4.69) is 20.6 Å². The number of rotatable bonds is 4. The molecule has 7 rings (SSSR count). The number of aliphatic hydroxyl groups is 1. The minimum absolute atomic E-state index is 0.00192. The number of aryl methyl sites for hydroxylation is 1. The lowest BCUT2D eigenvalue weighted by atomic mass is 9.66. The van der Waals surface area contributed by atoms with Crippen LogP contribution >= 0.6 is 0 Å². The van der Waals surface area contributed by atoms with Gasteiger partial charge in [-0.25, -0.2) is 9.82 Å². The van der Waals surface area contributed by atoms with Crippen molar-refractivity contribution in [3.05, 3.63) is 86.8 Å². The maximum atomic E-state index is 15.4. The molecule has 4 aromatic rings. The summed E-state index contributed by atoms with van der Waals surface area (Å²) in [5.41, 5.74) is 18.0. The van der Waals surface area contributed by atoms with Gasteiger partial charge in [0.2, 0.25) is 0 Å². The molecular formula is C33H40FN7O2. The first-order valence-corrected chi connectivity index (χ1v) is 15.4. The summed E-state index contributed by atoms with van der Waals surface area (Å²) in [7, 11) is 0. The lowest BCUT2D eigenvalue weighted by Gasteiger charge is -2.40. The van der Waals surface area contributed by atoms with E-state index in [9.17, 15) is 9.90 Å². The van der Waals surface area contributed by atoms with Crippen molar-refractivity contribution < 1.29 is 9.50 Å². The Hall–Kier alpha value is -3.44. The minimum atomic E-state index is -0.564. The number of hydrogen-bond acceptors (Lipinski definition) is 7. The van der Waals surface area contributed by atoms with Crippen molar-refractivity contribution in [3.63, 3.8) is 0 Å². The Kier molecular flexibility index (Phi) is 7.00. The summed E-state index contributed by atoms with van der Waals surface area (Å²) in [5.74, 6) is -0.117. The maximum absolute atomic E-state index is 15.4. The van der Waals surface area contributed by atoms with E-state index < -0.39 is 11.4 Å². The standard InChI is InChI=1S/C33H40FN7O2/c1-33(2,3)20-11-19-15-37-41(32(43)29(19)26(34)14-20)28-9-6-7-21(25(28)17-42)18-12-22(30-23(13-18)31(35)39-38-30)24-16-36-40-10-5-4-8-27(24)40/h6-7,9,11,14-16,18,22-23,30-31,38-39,42H,4-5,8,10,12-13,17,35H2,1-3H3. The summed E-state index contributed by atoms with van der Waals surface area (Å²) in [4.78, 5) is 13.7. The molecule has 0 amide bonds. The summed E-state index contributed by atoms with van der Waals surface area (Å²) in [5, 5.41) is 20.4. The zero-order valence-corrected chi connectivity index (χ0v) is 25.0. The first-order valence-electron chi connectivity index (χ1n) is 15.4. The van der Waals surface area contributed by atoms with E-state index in [1.54, 1.807) is 12.3 Å². The molecule has 1 saturated heterocycles. The summed E-state index contributed by atoms with van der Waals surface area (Å²) in [6.07, 6.45) is 8.39. The average molecular weight is 586 g/mol. The topological polar surface area (TPSA) is 123 Å². The second kappa shape index (κ2) is 10.6. The Morgan fingerprint density at radius 2 is 1.93 bits per heavy atom. The number of nitrogens with two attached hydrogens (primary N) is 1. The molecule has 2 aromatic heterocycles. The van der Waals surface area contributed by atoms with Crippen molar-refractivity contribution in [1.29, 1.82) is 0 Å². The van der Waals surface area contributed by atoms with E-state index in [-0.39, 0.29) is 47.4 Å². The highest BCUT2D eigenvalue weighted by atomic mass is 19.1. The molecule has 1 aliphatic carbocycles. The quantitative estimate of drug-likeness (QED) is 0.287. The highest BCUT2D eigenvalue weighted by molar-refractivity contribution is 5.82. The molecule has 9 nitrogen and oxygen atoms in total. The van der Waals surface area contributed by atoms with E-state index in [1.165, 1.54) is 22.0 Å². The van der Waals surface area contributed by atoms with Gasteiger partial charge in [0.25, 0.3) is 5.56 Å². The summed E-state index contributed by atoms with van der Waals surface area (Å²) >= 11 is 0. The van der Waals surface area contributed by atoms with E-state index in [4.69, 9.17) is 10.8 Å². The van der Waals surface area contributed by atoms with Crippen LogP contribution in [0.15, 0.2) is 47.5 Å². The minimum Gasteiger partial charge on any atom is -0.392 e. The number of aliphatic hydroxyl groups excluding tert-OH is 1. The fraction of sp³-hybridized carbons (Fsp3) is 0.485. The van der Waals surface area contributed by atoms with Crippen LogP contribution in [0.25, 0.3) is 16.5 Å². The first kappa shape index (κ1) is 28.3. The van der Waals surface area contributed by atoms with Crippen LogP contribution < -0.4 is 22.1 Å². The normalized spacial score (nSPS) is 25.6. The molecule has 2 aliphatic heterocycles. The molecule has 3 aliphatic rings. The van der Waals surface area contributed by atoms with Crippen LogP contribution in [0.4, 0.5) is 4.39 Å². The van der Waals surface area contributed by atoms with Crippen LogP contribution in [0.2, 0.25) is 0 Å². The van der Waals surface area contributed by atoms with Gasteiger partial charge in [-0.1, -0.05) is 32.9 Å². The molecule has 43 heavy (non-hydrogen) atoms. The fourth-order valence-corrected chi connectivity index (χ4v) is 7.71. The number of benzene rings is 2. The first-order chi connectivity index (χ1) is 20.7. The predicted octanol–water partition coefficient (Wildman–Crippen LogP) is 3.89. The van der Waals surface area contributed by atoms with Crippen molar-refractivity contribution in [2.45, 2.75) is 95.5 Å². The molecule has 5 N–H and O–H groups in total. The molecule has 2 aromatic carbocycles. The maximum Gasteiger partial charge on any atom is 0.282 e. The van der Waals surface area contributed by atoms with Gasteiger partial charge in [0.1, 0.15) is 5.82 Å². The number of nitrogens with zero attached hydrogens (tertiary/aromatic N) is 4. The molecule has 10 heteroatoms. The highest BCUT2D eigenvalue weighted by Crippen LogP contribution is 2.48. The molecule has 0 radical (unpaired) electrons. The van der Waals surface area contributed by atoms with Gasteiger partial charge in [-0.3, -0.25) is 14.9 Å². The van der Waals surface area contributed by atoms with Gasteiger partial charge in [-0.15, -0.1) is 0 Å². The van der Waals surface area contributed by atoms with Crippen LogP contribution in [-0.4, -0.2) is 36.9 Å². The summed E-state index contributed by atoms with van der Waals surface area (Å²) in [6.45, 7) is 6.69. The van der Waals surface area contributed by atoms with E-state index in [1.807, 2.05) is 45.2 Å². The molecular weight excluding hydrogens is 545 g/mol. The zero-order chi connectivity index (χ0) is 30.0. The third-order valence-corrected chi connectivity index (χ3v) is 10.0. The van der Waals surface area contributed by atoms with Gasteiger partial charge in [-0.2, -0.15) is 14.9 Å². The largest absolute Gasteiger partial charge is 0.392 e. The predicted molar refractivity (Wildman–Crippen MR) is 163 cm³/mol. The number of nitrogens with one attached hydrogen (secondary N) is 2. The van der Waals surface area contributed by atoms with Crippen LogP contribution in [0, 0.1) is 11.7 Å². The molecule has 226 valence electrons. The monoisotopic (exact) mass is 585 g/mol. The molecule has 2 fully saturated rings. The van der Waals surface area contributed by atoms with Gasteiger partial charge in [0.15, 0.2) is 0 Å². The van der Waals surface area contributed by atoms with Crippen LogP contribution in [0.5, 0.6) is 0 Å². The van der Waals surface area contributed by atoms with Crippen molar-refractivity contribution in [1.82, 2.24) is 30.4 Å². The van der Waals surface area contributed by atoms with Crippen molar-refractivity contribution in [2.24, 2.45) is 11.7 Å². The van der Waals surface area contributed by atoms with E-state index >= 15 is 4.39 Å². The summed E-state index contributed by atoms with van der Waals surface area (Å²) < 4.78 is 18.8. The van der Waals surface area contributed by atoms with E-state index in [0.717, 1.165) is 49.8 Å². The number of aromatic nitrogens is 4. The summed E-state index contributed by atoms with van der Waals surface area (Å²) in [6, 6.07) is 9.16. The highest BCUT2D eigenvalue weighted by Gasteiger charge is 2.46. The van der Waals surface area contributed by atoms with Gasteiger partial charge in [0, 0.05) is 41.1 Å². The third kappa shape index (κ3) is 4.71. The zero-order valence-electron chi connectivity index (χ0n) is 25.0. The van der Waals surface area contributed by atoms with Crippen LogP contribution in [-0.2, 0) is 25.0 Å². The molecule has 0 spiro atoms. The Bertz CT molecular complexity index is 1760. The molecule has 1 saturated carbocycles. The average Bonchev–Trinajstić information content (AvgIpc) is 3.59. The molecule has 5 unspecified atom stereocenters.